The number of halogens is 1. The number of phenols is 2. The minimum atomic E-state index is -1.08. The van der Waals surface area contributed by atoms with E-state index in [1.165, 1.54) is 48.5 Å². The number of aromatic hydroxyl groups is 2. The molecule has 0 bridgehead atoms. The van der Waals surface area contributed by atoms with Crippen LogP contribution in [0.25, 0.3) is 5.76 Å². The molecule has 3 N–H and O–H groups in total. The van der Waals surface area contributed by atoms with Gasteiger partial charge in [-0.05, 0) is 55.0 Å². The number of nitrogens with zero attached hydrogens (tertiary/aromatic N) is 1. The van der Waals surface area contributed by atoms with Gasteiger partial charge in [0, 0.05) is 5.56 Å². The first-order chi connectivity index (χ1) is 15.8. The zero-order valence-electron chi connectivity index (χ0n) is 17.5. The molecule has 0 aliphatic carbocycles. The Morgan fingerprint density at radius 2 is 1.73 bits per heavy atom. The van der Waals surface area contributed by atoms with Gasteiger partial charge in [-0.25, -0.2) is 0 Å². The van der Waals surface area contributed by atoms with Crippen LogP contribution in [-0.2, 0) is 9.59 Å². The van der Waals surface area contributed by atoms with E-state index in [0.29, 0.717) is 17.9 Å². The van der Waals surface area contributed by atoms with E-state index in [1.807, 2.05) is 0 Å². The predicted octanol–water partition coefficient (Wildman–Crippen LogP) is 4.78. The van der Waals surface area contributed by atoms with E-state index in [2.05, 4.69) is 0 Å². The molecule has 8 heteroatoms. The molecular formula is C25H20ClNO6. The van der Waals surface area contributed by atoms with Gasteiger partial charge in [0.05, 0.1) is 28.9 Å². The molecule has 4 rings (SSSR count). The molecule has 1 fully saturated rings. The normalized spacial score (nSPS) is 17.4. The van der Waals surface area contributed by atoms with Crippen LogP contribution < -0.4 is 9.64 Å². The van der Waals surface area contributed by atoms with Gasteiger partial charge in [-0.2, -0.15) is 0 Å². The van der Waals surface area contributed by atoms with E-state index in [0.717, 1.165) is 4.90 Å². The maximum absolute atomic E-state index is 13.2. The number of hydrogen-bond acceptors (Lipinski definition) is 6. The van der Waals surface area contributed by atoms with E-state index in [-0.39, 0.29) is 33.3 Å². The van der Waals surface area contributed by atoms with Crippen molar-refractivity contribution < 1.29 is 29.6 Å². The van der Waals surface area contributed by atoms with Crippen molar-refractivity contribution in [1.82, 2.24) is 0 Å². The fourth-order valence-corrected chi connectivity index (χ4v) is 4.02. The molecule has 1 aliphatic heterocycles. The number of aliphatic hydroxyl groups is 1. The molecule has 3 aromatic carbocycles. The molecule has 0 saturated carbocycles. The number of carbonyl (C=O) groups is 2. The van der Waals surface area contributed by atoms with E-state index in [9.17, 15) is 24.9 Å². The number of aliphatic hydroxyl groups excluding tert-OH is 1. The maximum atomic E-state index is 13.2. The molecule has 1 unspecified atom stereocenters. The van der Waals surface area contributed by atoms with Gasteiger partial charge < -0.3 is 20.1 Å². The number of rotatable bonds is 5. The van der Waals surface area contributed by atoms with Crippen molar-refractivity contribution in [1.29, 1.82) is 0 Å². The van der Waals surface area contributed by atoms with Gasteiger partial charge in [0.2, 0.25) is 0 Å². The Hall–Kier alpha value is -3.97. The van der Waals surface area contributed by atoms with Crippen LogP contribution in [0.5, 0.6) is 17.2 Å². The van der Waals surface area contributed by atoms with Crippen molar-refractivity contribution in [2.75, 3.05) is 11.5 Å². The fourth-order valence-electron chi connectivity index (χ4n) is 3.81. The van der Waals surface area contributed by atoms with Crippen LogP contribution in [-0.4, -0.2) is 33.6 Å². The summed E-state index contributed by atoms with van der Waals surface area (Å²) in [6, 6.07) is 15.5. The number of amides is 1. The Morgan fingerprint density at radius 3 is 2.39 bits per heavy atom. The largest absolute Gasteiger partial charge is 0.508 e. The lowest BCUT2D eigenvalue weighted by molar-refractivity contribution is -0.132. The average molecular weight is 466 g/mol. The second-order valence-electron chi connectivity index (χ2n) is 7.32. The lowest BCUT2D eigenvalue weighted by Crippen LogP contribution is -2.29. The predicted molar refractivity (Wildman–Crippen MR) is 124 cm³/mol. The Balaban J connectivity index is 1.97. The van der Waals surface area contributed by atoms with Crippen molar-refractivity contribution in [2.45, 2.75) is 13.0 Å². The second kappa shape index (κ2) is 8.88. The van der Waals surface area contributed by atoms with Crippen LogP contribution in [0.2, 0.25) is 5.02 Å². The molecule has 1 atom stereocenters. The fraction of sp³-hybridized carbons (Fsp3) is 0.120. The summed E-state index contributed by atoms with van der Waals surface area (Å²) in [6.07, 6.45) is 0. The molecule has 0 spiro atoms. The SMILES string of the molecule is CCOc1ccc(Cl)c(/C(O)=C2\C(=O)C(=O)N(c3ccccc3O)C2c2ccc(O)cc2)c1. The molecular weight excluding hydrogens is 446 g/mol. The topological polar surface area (TPSA) is 107 Å². The van der Waals surface area contributed by atoms with E-state index in [4.69, 9.17) is 16.3 Å². The van der Waals surface area contributed by atoms with Crippen LogP contribution in [0.3, 0.4) is 0 Å². The van der Waals surface area contributed by atoms with Gasteiger partial charge in [0.1, 0.15) is 23.0 Å². The summed E-state index contributed by atoms with van der Waals surface area (Å²) in [4.78, 5) is 27.4. The molecule has 0 aromatic heterocycles. The van der Waals surface area contributed by atoms with Crippen LogP contribution in [0.4, 0.5) is 5.69 Å². The molecule has 3 aromatic rings. The minimum Gasteiger partial charge on any atom is -0.508 e. The van der Waals surface area contributed by atoms with Gasteiger partial charge in [-0.15, -0.1) is 0 Å². The van der Waals surface area contributed by atoms with Crippen molar-refractivity contribution in [3.05, 3.63) is 88.5 Å². The van der Waals surface area contributed by atoms with Gasteiger partial charge in [-0.3, -0.25) is 14.5 Å². The average Bonchev–Trinajstić information content (AvgIpc) is 3.06. The van der Waals surface area contributed by atoms with Crippen molar-refractivity contribution in [2.24, 2.45) is 0 Å². The zero-order chi connectivity index (χ0) is 23.7. The number of anilines is 1. The van der Waals surface area contributed by atoms with Crippen molar-refractivity contribution in [3.63, 3.8) is 0 Å². The number of carbonyl (C=O) groups excluding carboxylic acids is 2. The molecule has 1 saturated heterocycles. The molecule has 1 heterocycles. The van der Waals surface area contributed by atoms with E-state index >= 15 is 0 Å². The van der Waals surface area contributed by atoms with E-state index in [1.54, 1.807) is 25.1 Å². The lowest BCUT2D eigenvalue weighted by atomic mass is 9.95. The summed E-state index contributed by atoms with van der Waals surface area (Å²) in [5.74, 6) is -2.12. The maximum Gasteiger partial charge on any atom is 0.300 e. The number of para-hydroxylation sites is 2. The number of Topliss-reactive ketones (excluding diaryl/α,β-unsaturated/α-hetero) is 1. The Labute approximate surface area is 194 Å². The van der Waals surface area contributed by atoms with Crippen molar-refractivity contribution in [3.8, 4) is 17.2 Å². The minimum absolute atomic E-state index is 0.00859. The van der Waals surface area contributed by atoms with Crippen LogP contribution in [0.1, 0.15) is 24.1 Å². The highest BCUT2D eigenvalue weighted by molar-refractivity contribution is 6.52. The highest BCUT2D eigenvalue weighted by Crippen LogP contribution is 2.45. The standard InChI is InChI=1S/C25H20ClNO6/c1-2-33-16-11-12-18(26)17(13-16)23(30)21-22(14-7-9-15(28)10-8-14)27(25(32)24(21)31)19-5-3-4-6-20(19)29/h3-13,22,28-30H,2H2,1H3/b23-21+. The van der Waals surface area contributed by atoms with Crippen molar-refractivity contribution >= 4 is 34.7 Å². The molecule has 0 radical (unpaired) electrons. The third-order valence-corrected chi connectivity index (χ3v) is 5.63. The third-order valence-electron chi connectivity index (χ3n) is 5.30. The summed E-state index contributed by atoms with van der Waals surface area (Å²) in [6.45, 7) is 2.18. The van der Waals surface area contributed by atoms with Gasteiger partial charge in [-0.1, -0.05) is 35.9 Å². The summed E-state index contributed by atoms with van der Waals surface area (Å²) >= 11 is 6.31. The van der Waals surface area contributed by atoms with Gasteiger partial charge in [0.15, 0.2) is 0 Å². The van der Waals surface area contributed by atoms with Crippen LogP contribution in [0, 0.1) is 0 Å². The monoisotopic (exact) mass is 465 g/mol. The van der Waals surface area contributed by atoms with Crippen LogP contribution >= 0.6 is 11.6 Å². The molecule has 1 aliphatic rings. The first-order valence-corrected chi connectivity index (χ1v) is 10.5. The molecule has 1 amide bonds. The summed E-state index contributed by atoms with van der Waals surface area (Å²) in [5, 5.41) is 31.5. The third kappa shape index (κ3) is 3.99. The summed E-state index contributed by atoms with van der Waals surface area (Å²) < 4.78 is 5.48. The lowest BCUT2D eigenvalue weighted by Gasteiger charge is -2.26. The van der Waals surface area contributed by atoms with Gasteiger partial charge >= 0.3 is 0 Å². The Morgan fingerprint density at radius 1 is 1.03 bits per heavy atom. The smallest absolute Gasteiger partial charge is 0.300 e. The number of phenolic OH excluding ortho intramolecular Hbond substituents is 2. The van der Waals surface area contributed by atoms with Gasteiger partial charge in [0.25, 0.3) is 11.7 Å². The molecule has 168 valence electrons. The quantitative estimate of drug-likeness (QED) is 0.284. The zero-order valence-corrected chi connectivity index (χ0v) is 18.3. The highest BCUT2D eigenvalue weighted by Gasteiger charge is 2.47. The number of hydrogen-bond donors (Lipinski definition) is 3. The Bertz CT molecular complexity index is 1270. The Kier molecular flexibility index (Phi) is 5.98. The number of benzene rings is 3. The summed E-state index contributed by atoms with van der Waals surface area (Å²) in [5.41, 5.74) is 0.464. The number of ether oxygens (including phenoxy) is 1. The first-order valence-electron chi connectivity index (χ1n) is 10.1. The van der Waals surface area contributed by atoms with Crippen LogP contribution in [0.15, 0.2) is 72.3 Å². The first kappa shape index (κ1) is 22.2. The summed E-state index contributed by atoms with van der Waals surface area (Å²) in [7, 11) is 0. The molecule has 33 heavy (non-hydrogen) atoms. The second-order valence-corrected chi connectivity index (χ2v) is 7.73. The number of ketones is 1. The highest BCUT2D eigenvalue weighted by atomic mass is 35.5. The van der Waals surface area contributed by atoms with E-state index < -0.39 is 23.5 Å². The molecule has 7 nitrogen and oxygen atoms in total.